The second kappa shape index (κ2) is 6.83. The van der Waals surface area contributed by atoms with Crippen LogP contribution in [-0.4, -0.2) is 28.0 Å². The molecule has 0 heterocycles. The van der Waals surface area contributed by atoms with Crippen molar-refractivity contribution in [3.63, 3.8) is 0 Å². The molecule has 2 aromatic carbocycles. The predicted octanol–water partition coefficient (Wildman–Crippen LogP) is 2.67. The minimum atomic E-state index is -3.86. The molecule has 0 spiro atoms. The summed E-state index contributed by atoms with van der Waals surface area (Å²) in [6, 6.07) is 13.4. The number of carbonyl (C=O) groups excluding carboxylic acids is 1. The molecule has 0 aromatic heterocycles. The first-order chi connectivity index (χ1) is 10.8. The summed E-state index contributed by atoms with van der Waals surface area (Å²) in [6.07, 6.45) is 0. The van der Waals surface area contributed by atoms with Crippen molar-refractivity contribution >= 4 is 21.7 Å². The summed E-state index contributed by atoms with van der Waals surface area (Å²) >= 11 is 0. The fourth-order valence-electron chi connectivity index (χ4n) is 2.05. The summed E-state index contributed by atoms with van der Waals surface area (Å²) < 4.78 is 31.5. The molecule has 0 atom stereocenters. The molecule has 0 radical (unpaired) electrons. The van der Waals surface area contributed by atoms with Gasteiger partial charge in [0.15, 0.2) is 0 Å². The number of nitrogens with zero attached hydrogens (tertiary/aromatic N) is 1. The fraction of sp³-hybridized carbons (Fsp3) is 0.235. The van der Waals surface area contributed by atoms with E-state index < -0.39 is 16.0 Å². The smallest absolute Gasteiger partial charge is 0.326 e. The zero-order chi connectivity index (χ0) is 17.0. The number of carbonyl (C=O) groups is 1. The Morgan fingerprint density at radius 1 is 0.957 bits per heavy atom. The van der Waals surface area contributed by atoms with E-state index in [1.54, 1.807) is 36.4 Å². The number of esters is 1. The molecule has 0 N–H and O–H groups in total. The number of rotatable bonds is 5. The minimum Gasteiger partial charge on any atom is -0.468 e. The number of hydrogen-bond donors (Lipinski definition) is 0. The Labute approximate surface area is 136 Å². The second-order valence-electron chi connectivity index (χ2n) is 5.24. The Morgan fingerprint density at radius 3 is 1.91 bits per heavy atom. The molecule has 0 aliphatic rings. The van der Waals surface area contributed by atoms with Gasteiger partial charge in [0.1, 0.15) is 6.54 Å². The van der Waals surface area contributed by atoms with E-state index >= 15 is 0 Å². The van der Waals surface area contributed by atoms with Crippen molar-refractivity contribution in [2.75, 3.05) is 18.0 Å². The third kappa shape index (κ3) is 3.90. The van der Waals surface area contributed by atoms with E-state index in [1.165, 1.54) is 19.2 Å². The SMILES string of the molecule is COC(=O)CN(c1ccc(C)cc1)S(=O)(=O)c1ccc(C)cc1. The number of benzene rings is 2. The molecule has 0 amide bonds. The standard InChI is InChI=1S/C17H19NO4S/c1-13-4-8-15(9-5-13)18(12-17(19)22-3)23(20,21)16-10-6-14(2)7-11-16/h4-11H,12H2,1-3H3. The van der Waals surface area contributed by atoms with Crippen LogP contribution in [0.3, 0.4) is 0 Å². The molecular formula is C17H19NO4S. The molecule has 2 rings (SSSR count). The number of hydrogen-bond acceptors (Lipinski definition) is 4. The quantitative estimate of drug-likeness (QED) is 0.789. The maximum atomic E-state index is 12.9. The molecule has 23 heavy (non-hydrogen) atoms. The van der Waals surface area contributed by atoms with Gasteiger partial charge in [-0.1, -0.05) is 35.4 Å². The van der Waals surface area contributed by atoms with E-state index in [1.807, 2.05) is 13.8 Å². The summed E-state index contributed by atoms with van der Waals surface area (Å²) in [5, 5.41) is 0. The van der Waals surface area contributed by atoms with Crippen LogP contribution in [0, 0.1) is 13.8 Å². The first-order valence-corrected chi connectivity index (χ1v) is 8.51. The highest BCUT2D eigenvalue weighted by Gasteiger charge is 2.27. The van der Waals surface area contributed by atoms with Crippen molar-refractivity contribution in [3.8, 4) is 0 Å². The Kier molecular flexibility index (Phi) is 5.05. The van der Waals surface area contributed by atoms with Crippen LogP contribution in [0.5, 0.6) is 0 Å². The Balaban J connectivity index is 2.49. The van der Waals surface area contributed by atoms with Crippen molar-refractivity contribution in [3.05, 3.63) is 59.7 Å². The molecule has 0 unspecified atom stereocenters. The molecule has 0 saturated carbocycles. The Bertz CT molecular complexity index is 780. The predicted molar refractivity (Wildman–Crippen MR) is 88.9 cm³/mol. The zero-order valence-electron chi connectivity index (χ0n) is 13.3. The second-order valence-corrected chi connectivity index (χ2v) is 7.10. The first kappa shape index (κ1) is 17.0. The van der Waals surface area contributed by atoms with E-state index in [2.05, 4.69) is 4.74 Å². The van der Waals surface area contributed by atoms with E-state index in [9.17, 15) is 13.2 Å². The molecule has 122 valence electrons. The third-order valence-electron chi connectivity index (χ3n) is 3.43. The summed E-state index contributed by atoms with van der Waals surface area (Å²) in [6.45, 7) is 3.40. The van der Waals surface area contributed by atoms with Gasteiger partial charge in [0.2, 0.25) is 0 Å². The highest BCUT2D eigenvalue weighted by molar-refractivity contribution is 7.92. The van der Waals surface area contributed by atoms with Gasteiger partial charge >= 0.3 is 5.97 Å². The van der Waals surface area contributed by atoms with Gasteiger partial charge in [0.25, 0.3) is 10.0 Å². The Hall–Kier alpha value is -2.34. The lowest BCUT2D eigenvalue weighted by Gasteiger charge is -2.23. The van der Waals surface area contributed by atoms with Crippen LogP contribution in [0.15, 0.2) is 53.4 Å². The number of aryl methyl sites for hydroxylation is 2. The van der Waals surface area contributed by atoms with Crippen molar-refractivity contribution in [2.24, 2.45) is 0 Å². The van der Waals surface area contributed by atoms with Crippen LogP contribution in [0.4, 0.5) is 5.69 Å². The van der Waals surface area contributed by atoms with Crippen LogP contribution in [0.25, 0.3) is 0 Å². The molecule has 6 heteroatoms. The van der Waals surface area contributed by atoms with E-state index in [0.717, 1.165) is 15.4 Å². The van der Waals surface area contributed by atoms with E-state index in [-0.39, 0.29) is 11.4 Å². The largest absolute Gasteiger partial charge is 0.468 e. The molecule has 0 saturated heterocycles. The van der Waals surface area contributed by atoms with Gasteiger partial charge in [0.05, 0.1) is 17.7 Å². The molecule has 0 fully saturated rings. The van der Waals surface area contributed by atoms with Gasteiger partial charge in [-0.15, -0.1) is 0 Å². The molecule has 0 aliphatic carbocycles. The average Bonchev–Trinajstić information content (AvgIpc) is 2.53. The molecular weight excluding hydrogens is 314 g/mol. The van der Waals surface area contributed by atoms with E-state index in [4.69, 9.17) is 0 Å². The highest BCUT2D eigenvalue weighted by Crippen LogP contribution is 2.24. The molecule has 0 bridgehead atoms. The van der Waals surface area contributed by atoms with Gasteiger partial charge < -0.3 is 4.74 Å². The van der Waals surface area contributed by atoms with Gasteiger partial charge in [0, 0.05) is 0 Å². The summed E-state index contributed by atoms with van der Waals surface area (Å²) in [4.78, 5) is 11.8. The summed E-state index contributed by atoms with van der Waals surface area (Å²) in [5.41, 5.74) is 2.37. The number of ether oxygens (including phenoxy) is 1. The summed E-state index contributed by atoms with van der Waals surface area (Å²) in [5.74, 6) is -0.624. The van der Waals surface area contributed by atoms with Gasteiger partial charge in [-0.3, -0.25) is 9.10 Å². The maximum absolute atomic E-state index is 12.9. The Morgan fingerprint density at radius 2 is 1.43 bits per heavy atom. The van der Waals surface area contributed by atoms with Crippen LogP contribution >= 0.6 is 0 Å². The molecule has 0 aliphatic heterocycles. The zero-order valence-corrected chi connectivity index (χ0v) is 14.1. The van der Waals surface area contributed by atoms with Crippen molar-refractivity contribution in [1.29, 1.82) is 0 Å². The van der Waals surface area contributed by atoms with Crippen LogP contribution in [0.2, 0.25) is 0 Å². The lowest BCUT2D eigenvalue weighted by Crippen LogP contribution is -2.36. The third-order valence-corrected chi connectivity index (χ3v) is 5.22. The topological polar surface area (TPSA) is 63.7 Å². The average molecular weight is 333 g/mol. The monoisotopic (exact) mass is 333 g/mol. The van der Waals surface area contributed by atoms with Gasteiger partial charge in [-0.25, -0.2) is 8.42 Å². The molecule has 5 nitrogen and oxygen atoms in total. The molecule has 2 aromatic rings. The maximum Gasteiger partial charge on any atom is 0.326 e. The number of methoxy groups -OCH3 is 1. The van der Waals surface area contributed by atoms with Crippen LogP contribution < -0.4 is 4.31 Å². The minimum absolute atomic E-state index is 0.132. The number of sulfonamides is 1. The lowest BCUT2D eigenvalue weighted by atomic mass is 10.2. The van der Waals surface area contributed by atoms with Crippen molar-refractivity contribution < 1.29 is 17.9 Å². The summed E-state index contributed by atoms with van der Waals surface area (Å²) in [7, 11) is -2.63. The van der Waals surface area contributed by atoms with Crippen LogP contribution in [0.1, 0.15) is 11.1 Å². The normalized spacial score (nSPS) is 11.1. The van der Waals surface area contributed by atoms with Gasteiger partial charge in [-0.2, -0.15) is 0 Å². The highest BCUT2D eigenvalue weighted by atomic mass is 32.2. The van der Waals surface area contributed by atoms with E-state index in [0.29, 0.717) is 5.69 Å². The number of anilines is 1. The lowest BCUT2D eigenvalue weighted by molar-refractivity contribution is -0.138. The van der Waals surface area contributed by atoms with Crippen LogP contribution in [-0.2, 0) is 19.6 Å². The van der Waals surface area contributed by atoms with Gasteiger partial charge in [-0.05, 0) is 38.1 Å². The van der Waals surface area contributed by atoms with Crippen molar-refractivity contribution in [1.82, 2.24) is 0 Å². The van der Waals surface area contributed by atoms with Crippen molar-refractivity contribution in [2.45, 2.75) is 18.7 Å². The first-order valence-electron chi connectivity index (χ1n) is 7.07. The fourth-order valence-corrected chi connectivity index (χ4v) is 3.45.